The van der Waals surface area contributed by atoms with Crippen LogP contribution in [0.15, 0.2) is 42.5 Å². The van der Waals surface area contributed by atoms with E-state index in [1.165, 1.54) is 34.1 Å². The maximum absolute atomic E-state index is 13.4. The molecule has 2 aromatic carbocycles. The van der Waals surface area contributed by atoms with Gasteiger partial charge in [-0.2, -0.15) is 4.52 Å². The first-order valence-corrected chi connectivity index (χ1v) is 9.46. The fourth-order valence-electron chi connectivity index (χ4n) is 2.52. The summed E-state index contributed by atoms with van der Waals surface area (Å²) < 4.78 is 20.2. The summed E-state index contributed by atoms with van der Waals surface area (Å²) in [6, 6.07) is 11.0. The van der Waals surface area contributed by atoms with Crippen molar-refractivity contribution in [1.82, 2.24) is 19.8 Å². The molecule has 142 valence electrons. The third-order valence-electron chi connectivity index (χ3n) is 3.82. The number of amides is 1. The molecule has 0 aliphatic carbocycles. The lowest BCUT2D eigenvalue weighted by molar-refractivity contribution is 0.102. The number of hydrogen-bond donors (Lipinski definition) is 1. The topological polar surface area (TPSA) is 81.4 Å². The van der Waals surface area contributed by atoms with Crippen LogP contribution in [0.4, 0.5) is 9.52 Å². The minimum atomic E-state index is -0.521. The predicted octanol–water partition coefficient (Wildman–Crippen LogP) is 4.30. The molecular formula is C18H13ClFN5O2S. The molecule has 2 aromatic heterocycles. The van der Waals surface area contributed by atoms with Gasteiger partial charge in [0.1, 0.15) is 11.6 Å². The van der Waals surface area contributed by atoms with Crippen molar-refractivity contribution in [2.24, 2.45) is 0 Å². The van der Waals surface area contributed by atoms with Crippen molar-refractivity contribution >= 4 is 38.9 Å². The second kappa shape index (κ2) is 7.53. The Hall–Kier alpha value is -3.04. The number of nitrogens with one attached hydrogen (secondary N) is 1. The minimum absolute atomic E-state index is 0.0199. The molecule has 4 rings (SSSR count). The van der Waals surface area contributed by atoms with E-state index >= 15 is 0 Å². The van der Waals surface area contributed by atoms with E-state index in [2.05, 4.69) is 20.6 Å². The lowest BCUT2D eigenvalue weighted by atomic mass is 10.2. The number of halogens is 2. The molecular weight excluding hydrogens is 405 g/mol. The first kappa shape index (κ1) is 18.3. The summed E-state index contributed by atoms with van der Waals surface area (Å²) in [5.41, 5.74) is 1.04. The second-order valence-corrected chi connectivity index (χ2v) is 7.03. The van der Waals surface area contributed by atoms with Crippen molar-refractivity contribution in [3.8, 4) is 17.1 Å². The summed E-state index contributed by atoms with van der Waals surface area (Å²) in [4.78, 5) is 12.9. The second-order valence-electron chi connectivity index (χ2n) is 5.67. The molecule has 0 saturated carbocycles. The van der Waals surface area contributed by atoms with Gasteiger partial charge in [0.25, 0.3) is 5.91 Å². The summed E-state index contributed by atoms with van der Waals surface area (Å²) in [7, 11) is 0. The molecule has 0 spiro atoms. The van der Waals surface area contributed by atoms with Gasteiger partial charge in [-0.15, -0.1) is 15.3 Å². The van der Waals surface area contributed by atoms with Crippen LogP contribution in [-0.4, -0.2) is 32.3 Å². The monoisotopic (exact) mass is 417 g/mol. The number of carbonyl (C=O) groups is 1. The lowest BCUT2D eigenvalue weighted by Gasteiger charge is -2.04. The Morgan fingerprint density at radius 1 is 1.25 bits per heavy atom. The van der Waals surface area contributed by atoms with Crippen LogP contribution >= 0.6 is 22.9 Å². The van der Waals surface area contributed by atoms with Crippen LogP contribution in [-0.2, 0) is 0 Å². The number of hydrogen-bond acceptors (Lipinski definition) is 6. The van der Waals surface area contributed by atoms with Crippen LogP contribution < -0.4 is 10.1 Å². The first-order chi connectivity index (χ1) is 13.5. The average molecular weight is 418 g/mol. The Morgan fingerprint density at radius 2 is 2.04 bits per heavy atom. The zero-order valence-electron chi connectivity index (χ0n) is 14.5. The van der Waals surface area contributed by atoms with Crippen molar-refractivity contribution in [1.29, 1.82) is 0 Å². The summed E-state index contributed by atoms with van der Waals surface area (Å²) >= 11 is 7.01. The quantitative estimate of drug-likeness (QED) is 0.523. The summed E-state index contributed by atoms with van der Waals surface area (Å²) in [6.07, 6.45) is 0. The highest BCUT2D eigenvalue weighted by molar-refractivity contribution is 7.20. The van der Waals surface area contributed by atoms with E-state index in [9.17, 15) is 9.18 Å². The summed E-state index contributed by atoms with van der Waals surface area (Å²) in [5.74, 6) is 0.266. The molecule has 0 aliphatic heterocycles. The fraction of sp³-hybridized carbons (Fsp3) is 0.111. The number of anilines is 1. The summed E-state index contributed by atoms with van der Waals surface area (Å²) in [5, 5.41) is 15.5. The van der Waals surface area contributed by atoms with Crippen LogP contribution in [0.2, 0.25) is 5.02 Å². The highest BCUT2D eigenvalue weighted by atomic mass is 35.5. The molecule has 1 N–H and O–H groups in total. The normalized spacial score (nSPS) is 11.0. The van der Waals surface area contributed by atoms with E-state index in [4.69, 9.17) is 16.3 Å². The molecule has 0 unspecified atom stereocenters. The van der Waals surface area contributed by atoms with E-state index in [0.29, 0.717) is 39.4 Å². The molecule has 0 saturated heterocycles. The SMILES string of the molecule is CCOc1ccc(C(=O)Nc2nn3c(-c4ccc(F)c(Cl)c4)nnc3s2)cc1. The van der Waals surface area contributed by atoms with Gasteiger partial charge in [-0.25, -0.2) is 4.39 Å². The van der Waals surface area contributed by atoms with E-state index in [1.54, 1.807) is 24.3 Å². The highest BCUT2D eigenvalue weighted by Crippen LogP contribution is 2.27. The predicted molar refractivity (Wildman–Crippen MR) is 105 cm³/mol. The average Bonchev–Trinajstić information content (AvgIpc) is 3.25. The number of nitrogens with zero attached hydrogens (tertiary/aromatic N) is 4. The van der Waals surface area contributed by atoms with E-state index in [0.717, 1.165) is 0 Å². The molecule has 7 nitrogen and oxygen atoms in total. The first-order valence-electron chi connectivity index (χ1n) is 8.27. The van der Waals surface area contributed by atoms with Gasteiger partial charge < -0.3 is 4.74 Å². The molecule has 2 heterocycles. The molecule has 28 heavy (non-hydrogen) atoms. The van der Waals surface area contributed by atoms with Crippen LogP contribution in [0.1, 0.15) is 17.3 Å². The van der Waals surface area contributed by atoms with Gasteiger partial charge in [-0.3, -0.25) is 10.1 Å². The third kappa shape index (κ3) is 3.54. The van der Waals surface area contributed by atoms with Crippen molar-refractivity contribution in [3.05, 3.63) is 58.9 Å². The zero-order chi connectivity index (χ0) is 19.7. The Bertz CT molecular complexity index is 1160. The van der Waals surface area contributed by atoms with Crippen LogP contribution in [0.3, 0.4) is 0 Å². The number of aromatic nitrogens is 4. The number of benzene rings is 2. The minimum Gasteiger partial charge on any atom is -0.494 e. The fourth-order valence-corrected chi connectivity index (χ4v) is 3.44. The van der Waals surface area contributed by atoms with Crippen LogP contribution in [0.25, 0.3) is 16.3 Å². The third-order valence-corrected chi connectivity index (χ3v) is 4.92. The molecule has 0 aliphatic rings. The zero-order valence-corrected chi connectivity index (χ0v) is 16.1. The van der Waals surface area contributed by atoms with Gasteiger partial charge in [0.15, 0.2) is 5.82 Å². The maximum atomic E-state index is 13.4. The number of carbonyl (C=O) groups excluding carboxylic acids is 1. The standard InChI is InChI=1S/C18H13ClFN5O2S/c1-2-27-12-6-3-10(4-7-12)16(26)21-17-24-25-15(22-23-18(25)28-17)11-5-8-14(20)13(19)9-11/h3-9H,2H2,1H3,(H,21,24,26). The number of ether oxygens (including phenoxy) is 1. The Morgan fingerprint density at radius 3 is 2.75 bits per heavy atom. The number of fused-ring (bicyclic) bond motifs is 1. The van der Waals surface area contributed by atoms with Crippen molar-refractivity contribution < 1.29 is 13.9 Å². The Labute approximate surface area is 167 Å². The molecule has 4 aromatic rings. The van der Waals surface area contributed by atoms with E-state index in [-0.39, 0.29) is 10.9 Å². The number of rotatable bonds is 5. The van der Waals surface area contributed by atoms with Gasteiger partial charge in [-0.05, 0) is 49.4 Å². The van der Waals surface area contributed by atoms with Gasteiger partial charge in [0.2, 0.25) is 10.1 Å². The van der Waals surface area contributed by atoms with Gasteiger partial charge in [0.05, 0.1) is 11.6 Å². The summed E-state index contributed by atoms with van der Waals surface area (Å²) in [6.45, 7) is 2.45. The van der Waals surface area contributed by atoms with Crippen LogP contribution in [0, 0.1) is 5.82 Å². The molecule has 0 radical (unpaired) electrons. The largest absolute Gasteiger partial charge is 0.494 e. The molecule has 10 heteroatoms. The smallest absolute Gasteiger partial charge is 0.257 e. The Balaban J connectivity index is 1.57. The Kier molecular flexibility index (Phi) is 4.93. The van der Waals surface area contributed by atoms with Crippen molar-refractivity contribution in [3.63, 3.8) is 0 Å². The maximum Gasteiger partial charge on any atom is 0.257 e. The lowest BCUT2D eigenvalue weighted by Crippen LogP contribution is -2.12. The highest BCUT2D eigenvalue weighted by Gasteiger charge is 2.16. The molecule has 0 atom stereocenters. The van der Waals surface area contributed by atoms with E-state index < -0.39 is 5.82 Å². The van der Waals surface area contributed by atoms with Crippen LogP contribution in [0.5, 0.6) is 5.75 Å². The molecule has 1 amide bonds. The van der Waals surface area contributed by atoms with E-state index in [1.807, 2.05) is 6.92 Å². The van der Waals surface area contributed by atoms with Gasteiger partial charge in [0, 0.05) is 11.1 Å². The van der Waals surface area contributed by atoms with Crippen molar-refractivity contribution in [2.45, 2.75) is 6.92 Å². The molecule has 0 bridgehead atoms. The van der Waals surface area contributed by atoms with Crippen molar-refractivity contribution in [2.75, 3.05) is 11.9 Å². The van der Waals surface area contributed by atoms with Gasteiger partial charge in [-0.1, -0.05) is 22.9 Å². The molecule has 0 fully saturated rings. The van der Waals surface area contributed by atoms with Gasteiger partial charge >= 0.3 is 0 Å².